The fourth-order valence-corrected chi connectivity index (χ4v) is 5.68. The molecule has 1 aromatic heterocycles. The van der Waals surface area contributed by atoms with Gasteiger partial charge < -0.3 is 4.90 Å². The SMILES string of the molecule is Cc1ccc(S(=O)(=O)N2CCN(C(=O)c3nc(C)n(-c4ccccc4Cl)n3)CC2)c(C)c1. The summed E-state index contributed by atoms with van der Waals surface area (Å²) < 4.78 is 29.1. The van der Waals surface area contributed by atoms with Gasteiger partial charge in [0.2, 0.25) is 15.8 Å². The summed E-state index contributed by atoms with van der Waals surface area (Å²) in [6.07, 6.45) is 0. The number of aromatic nitrogens is 3. The molecular weight excluding hydrogens is 450 g/mol. The number of aryl methyl sites for hydroxylation is 3. The lowest BCUT2D eigenvalue weighted by Gasteiger charge is -2.33. The summed E-state index contributed by atoms with van der Waals surface area (Å²) in [6.45, 7) is 6.43. The third-order valence-corrected chi connectivity index (χ3v) is 7.89. The van der Waals surface area contributed by atoms with E-state index >= 15 is 0 Å². The van der Waals surface area contributed by atoms with Crippen LogP contribution in [0.5, 0.6) is 0 Å². The van der Waals surface area contributed by atoms with E-state index in [0.29, 0.717) is 27.0 Å². The number of carbonyl (C=O) groups excluding carboxylic acids is 1. The van der Waals surface area contributed by atoms with E-state index < -0.39 is 10.0 Å². The van der Waals surface area contributed by atoms with Crippen molar-refractivity contribution in [2.24, 2.45) is 0 Å². The molecule has 2 heterocycles. The highest BCUT2D eigenvalue weighted by molar-refractivity contribution is 7.89. The lowest BCUT2D eigenvalue weighted by molar-refractivity contribution is 0.0685. The average molecular weight is 474 g/mol. The first-order chi connectivity index (χ1) is 15.2. The van der Waals surface area contributed by atoms with Gasteiger partial charge >= 0.3 is 0 Å². The number of halogens is 1. The maximum absolute atomic E-state index is 13.1. The second-order valence-corrected chi connectivity index (χ2v) is 10.1. The maximum atomic E-state index is 13.1. The molecule has 1 aliphatic rings. The van der Waals surface area contributed by atoms with E-state index in [9.17, 15) is 13.2 Å². The van der Waals surface area contributed by atoms with Crippen LogP contribution in [-0.4, -0.2) is 64.5 Å². The van der Waals surface area contributed by atoms with E-state index in [1.54, 1.807) is 43.0 Å². The van der Waals surface area contributed by atoms with E-state index in [-0.39, 0.29) is 37.9 Å². The third kappa shape index (κ3) is 4.15. The Balaban J connectivity index is 1.49. The monoisotopic (exact) mass is 473 g/mol. The van der Waals surface area contributed by atoms with Crippen LogP contribution in [0.2, 0.25) is 5.02 Å². The Bertz CT molecular complexity index is 1280. The first-order valence-electron chi connectivity index (χ1n) is 10.2. The molecule has 0 aliphatic carbocycles. The fraction of sp³-hybridized carbons (Fsp3) is 0.318. The number of benzene rings is 2. The van der Waals surface area contributed by atoms with Crippen LogP contribution in [0, 0.1) is 20.8 Å². The molecule has 4 rings (SSSR count). The van der Waals surface area contributed by atoms with Gasteiger partial charge in [0.15, 0.2) is 0 Å². The maximum Gasteiger partial charge on any atom is 0.293 e. The predicted molar refractivity (Wildman–Crippen MR) is 122 cm³/mol. The summed E-state index contributed by atoms with van der Waals surface area (Å²) >= 11 is 6.25. The van der Waals surface area contributed by atoms with Crippen molar-refractivity contribution in [3.8, 4) is 5.69 Å². The number of sulfonamides is 1. The normalized spacial score (nSPS) is 15.2. The van der Waals surface area contributed by atoms with Gasteiger partial charge in [-0.15, -0.1) is 5.10 Å². The quantitative estimate of drug-likeness (QED) is 0.581. The molecule has 1 saturated heterocycles. The molecule has 0 radical (unpaired) electrons. The highest BCUT2D eigenvalue weighted by Crippen LogP contribution is 2.23. The molecule has 1 fully saturated rings. The molecule has 0 unspecified atom stereocenters. The van der Waals surface area contributed by atoms with Gasteiger partial charge in [0.25, 0.3) is 5.91 Å². The second-order valence-electron chi connectivity index (χ2n) is 7.81. The molecule has 8 nitrogen and oxygen atoms in total. The lowest BCUT2D eigenvalue weighted by atomic mass is 10.2. The molecule has 168 valence electrons. The van der Waals surface area contributed by atoms with Crippen molar-refractivity contribution in [2.75, 3.05) is 26.2 Å². The van der Waals surface area contributed by atoms with Crippen molar-refractivity contribution in [3.63, 3.8) is 0 Å². The zero-order valence-electron chi connectivity index (χ0n) is 18.1. The van der Waals surface area contributed by atoms with Gasteiger partial charge in [-0.3, -0.25) is 4.79 Å². The Morgan fingerprint density at radius 2 is 1.69 bits per heavy atom. The number of rotatable bonds is 4. The molecule has 0 atom stereocenters. The topological polar surface area (TPSA) is 88.4 Å². The van der Waals surface area contributed by atoms with Crippen LogP contribution in [-0.2, 0) is 10.0 Å². The number of para-hydroxylation sites is 1. The average Bonchev–Trinajstić information content (AvgIpc) is 3.14. The Morgan fingerprint density at radius 1 is 1.00 bits per heavy atom. The van der Waals surface area contributed by atoms with Crippen molar-refractivity contribution in [1.29, 1.82) is 0 Å². The second kappa shape index (κ2) is 8.65. The summed E-state index contributed by atoms with van der Waals surface area (Å²) in [4.78, 5) is 19.2. The number of amides is 1. The zero-order valence-corrected chi connectivity index (χ0v) is 19.7. The van der Waals surface area contributed by atoms with Crippen LogP contribution in [0.25, 0.3) is 5.69 Å². The summed E-state index contributed by atoms with van der Waals surface area (Å²) in [5, 5.41) is 4.85. The van der Waals surface area contributed by atoms with Crippen molar-refractivity contribution in [2.45, 2.75) is 25.7 Å². The van der Waals surface area contributed by atoms with Crippen LogP contribution in [0.1, 0.15) is 27.6 Å². The zero-order chi connectivity index (χ0) is 23.0. The Labute approximate surface area is 192 Å². The number of nitrogens with zero attached hydrogens (tertiary/aromatic N) is 5. The van der Waals surface area contributed by atoms with Crippen LogP contribution >= 0.6 is 11.6 Å². The Kier molecular flexibility index (Phi) is 6.07. The van der Waals surface area contributed by atoms with Gasteiger partial charge in [-0.1, -0.05) is 41.4 Å². The van der Waals surface area contributed by atoms with Crippen LogP contribution < -0.4 is 0 Å². The summed E-state index contributed by atoms with van der Waals surface area (Å²) in [6, 6.07) is 12.5. The largest absolute Gasteiger partial charge is 0.333 e. The van der Waals surface area contributed by atoms with Crippen molar-refractivity contribution >= 4 is 27.5 Å². The number of hydrogen-bond donors (Lipinski definition) is 0. The molecule has 0 spiro atoms. The molecule has 2 aromatic carbocycles. The molecule has 0 saturated carbocycles. The van der Waals surface area contributed by atoms with Crippen molar-refractivity contribution in [3.05, 3.63) is 70.3 Å². The van der Waals surface area contributed by atoms with Crippen molar-refractivity contribution < 1.29 is 13.2 Å². The molecule has 0 N–H and O–H groups in total. The summed E-state index contributed by atoms with van der Waals surface area (Å²) in [5.41, 5.74) is 2.37. The number of carbonyl (C=O) groups is 1. The Hall–Kier alpha value is -2.75. The summed E-state index contributed by atoms with van der Waals surface area (Å²) in [7, 11) is -3.62. The first kappa shape index (κ1) is 22.4. The van der Waals surface area contributed by atoms with Gasteiger partial charge in [-0.05, 0) is 44.5 Å². The standard InChI is InChI=1S/C22H24ClN5O3S/c1-15-8-9-20(16(2)14-15)32(30,31)27-12-10-26(11-13-27)22(29)21-24-17(3)28(25-21)19-7-5-4-6-18(19)23/h4-9,14H,10-13H2,1-3H3. The molecule has 32 heavy (non-hydrogen) atoms. The van der Waals surface area contributed by atoms with E-state index in [4.69, 9.17) is 11.6 Å². The van der Waals surface area contributed by atoms with Crippen LogP contribution in [0.15, 0.2) is 47.4 Å². The van der Waals surface area contributed by atoms with Crippen molar-refractivity contribution in [1.82, 2.24) is 24.0 Å². The molecular formula is C22H24ClN5O3S. The third-order valence-electron chi connectivity index (χ3n) is 5.51. The van der Waals surface area contributed by atoms with E-state index in [1.807, 2.05) is 25.1 Å². The van der Waals surface area contributed by atoms with Crippen LogP contribution in [0.3, 0.4) is 0 Å². The Morgan fingerprint density at radius 3 is 2.34 bits per heavy atom. The molecule has 1 amide bonds. The molecule has 0 bridgehead atoms. The minimum absolute atomic E-state index is 0.0631. The van der Waals surface area contributed by atoms with E-state index in [0.717, 1.165) is 5.56 Å². The van der Waals surface area contributed by atoms with Gasteiger partial charge in [-0.2, -0.15) is 4.31 Å². The highest BCUT2D eigenvalue weighted by atomic mass is 35.5. The molecule has 3 aromatic rings. The minimum atomic E-state index is -3.62. The fourth-order valence-electron chi connectivity index (χ4n) is 3.83. The van der Waals surface area contributed by atoms with Crippen LogP contribution in [0.4, 0.5) is 0 Å². The predicted octanol–water partition coefficient (Wildman–Crippen LogP) is 2.99. The van der Waals surface area contributed by atoms with E-state index in [2.05, 4.69) is 10.1 Å². The molecule has 1 aliphatic heterocycles. The highest BCUT2D eigenvalue weighted by Gasteiger charge is 2.32. The minimum Gasteiger partial charge on any atom is -0.333 e. The first-order valence-corrected chi connectivity index (χ1v) is 12.1. The number of piperazine rings is 1. The van der Waals surface area contributed by atoms with Gasteiger partial charge in [-0.25, -0.2) is 18.1 Å². The molecule has 10 heteroatoms. The summed E-state index contributed by atoms with van der Waals surface area (Å²) in [5.74, 6) is 0.271. The van der Waals surface area contributed by atoms with E-state index in [1.165, 1.54) is 8.99 Å². The smallest absolute Gasteiger partial charge is 0.293 e. The van der Waals surface area contributed by atoms with Gasteiger partial charge in [0.05, 0.1) is 15.6 Å². The van der Waals surface area contributed by atoms with Gasteiger partial charge in [0.1, 0.15) is 5.82 Å². The number of hydrogen-bond acceptors (Lipinski definition) is 5. The lowest BCUT2D eigenvalue weighted by Crippen LogP contribution is -2.50. The van der Waals surface area contributed by atoms with Gasteiger partial charge in [0, 0.05) is 26.2 Å².